The van der Waals surface area contributed by atoms with Crippen LogP contribution in [0, 0.1) is 12.8 Å². The van der Waals surface area contributed by atoms with Gasteiger partial charge in [-0.05, 0) is 64.2 Å². The van der Waals surface area contributed by atoms with E-state index in [1.165, 1.54) is 11.1 Å². The number of imidazole rings is 1. The van der Waals surface area contributed by atoms with Gasteiger partial charge in [-0.3, -0.25) is 0 Å². The number of hydrogen-bond acceptors (Lipinski definition) is 4. The molecular weight excluding hydrogens is 400 g/mol. The molecule has 1 fully saturated rings. The molecule has 4 rings (SSSR count). The standard InChI is InChI=1S/C26H34N4O2/c1-19-11-13-20(14-12-19)18-30-23-10-6-5-9-22(23)28-24(30)27-16-21-8-7-15-29(17-21)25(31)32-26(2,3)4/h5-6,9-14,21H,7-8,15-18H2,1-4H3,(H,27,28). The molecule has 0 saturated carbocycles. The van der Waals surface area contributed by atoms with E-state index in [0.717, 1.165) is 49.5 Å². The molecular formula is C26H34N4O2. The van der Waals surface area contributed by atoms with Gasteiger partial charge in [-0.2, -0.15) is 0 Å². The van der Waals surface area contributed by atoms with E-state index in [0.29, 0.717) is 12.5 Å². The summed E-state index contributed by atoms with van der Waals surface area (Å²) in [7, 11) is 0. The summed E-state index contributed by atoms with van der Waals surface area (Å²) in [4.78, 5) is 19.2. The molecule has 6 nitrogen and oxygen atoms in total. The summed E-state index contributed by atoms with van der Waals surface area (Å²) in [6, 6.07) is 16.9. The van der Waals surface area contributed by atoms with Crippen LogP contribution in [0.1, 0.15) is 44.7 Å². The zero-order valence-corrected chi connectivity index (χ0v) is 19.6. The Morgan fingerprint density at radius 2 is 1.91 bits per heavy atom. The van der Waals surface area contributed by atoms with Crippen molar-refractivity contribution in [2.75, 3.05) is 25.0 Å². The van der Waals surface area contributed by atoms with Gasteiger partial charge in [0.15, 0.2) is 0 Å². The van der Waals surface area contributed by atoms with Crippen molar-refractivity contribution in [3.8, 4) is 0 Å². The number of aromatic nitrogens is 2. The number of aryl methyl sites for hydroxylation is 1. The number of rotatable bonds is 5. The van der Waals surface area contributed by atoms with Crippen molar-refractivity contribution in [3.63, 3.8) is 0 Å². The fraction of sp³-hybridized carbons (Fsp3) is 0.462. The third kappa shape index (κ3) is 5.42. The van der Waals surface area contributed by atoms with Crippen molar-refractivity contribution in [1.82, 2.24) is 14.5 Å². The van der Waals surface area contributed by atoms with Gasteiger partial charge in [0.2, 0.25) is 5.95 Å². The fourth-order valence-electron chi connectivity index (χ4n) is 4.21. The summed E-state index contributed by atoms with van der Waals surface area (Å²) < 4.78 is 7.82. The molecule has 1 aromatic heterocycles. The number of para-hydroxylation sites is 2. The van der Waals surface area contributed by atoms with E-state index in [9.17, 15) is 4.79 Å². The number of hydrogen-bond donors (Lipinski definition) is 1. The number of piperidine rings is 1. The molecule has 1 atom stereocenters. The minimum Gasteiger partial charge on any atom is -0.444 e. The molecule has 1 N–H and O–H groups in total. The maximum Gasteiger partial charge on any atom is 0.410 e. The van der Waals surface area contributed by atoms with E-state index in [2.05, 4.69) is 59.3 Å². The Bertz CT molecular complexity index is 1070. The van der Waals surface area contributed by atoms with Gasteiger partial charge >= 0.3 is 6.09 Å². The van der Waals surface area contributed by atoms with Crippen molar-refractivity contribution in [3.05, 3.63) is 59.7 Å². The molecule has 170 valence electrons. The van der Waals surface area contributed by atoms with Crippen molar-refractivity contribution < 1.29 is 9.53 Å². The Morgan fingerprint density at radius 1 is 1.16 bits per heavy atom. The number of nitrogens with one attached hydrogen (secondary N) is 1. The van der Waals surface area contributed by atoms with Crippen LogP contribution >= 0.6 is 0 Å². The first kappa shape index (κ1) is 22.2. The van der Waals surface area contributed by atoms with Crippen LogP contribution in [-0.2, 0) is 11.3 Å². The second-order valence-corrected chi connectivity index (χ2v) is 9.81. The molecule has 0 radical (unpaired) electrons. The van der Waals surface area contributed by atoms with Crippen LogP contribution < -0.4 is 5.32 Å². The lowest BCUT2D eigenvalue weighted by molar-refractivity contribution is 0.0172. The molecule has 0 spiro atoms. The van der Waals surface area contributed by atoms with Crippen LogP contribution in [0.25, 0.3) is 11.0 Å². The Labute approximate surface area is 190 Å². The molecule has 6 heteroatoms. The lowest BCUT2D eigenvalue weighted by atomic mass is 9.98. The lowest BCUT2D eigenvalue weighted by Gasteiger charge is -2.34. The molecule has 2 aromatic carbocycles. The van der Waals surface area contributed by atoms with E-state index in [-0.39, 0.29) is 6.09 Å². The van der Waals surface area contributed by atoms with Gasteiger partial charge in [0, 0.05) is 19.6 Å². The second kappa shape index (κ2) is 9.23. The Morgan fingerprint density at radius 3 is 2.66 bits per heavy atom. The number of nitrogens with zero attached hydrogens (tertiary/aromatic N) is 3. The number of likely N-dealkylation sites (tertiary alicyclic amines) is 1. The molecule has 32 heavy (non-hydrogen) atoms. The molecule has 0 bridgehead atoms. The highest BCUT2D eigenvalue weighted by Gasteiger charge is 2.27. The first-order valence-corrected chi connectivity index (χ1v) is 11.5. The molecule has 2 heterocycles. The Hall–Kier alpha value is -3.02. The normalized spacial score (nSPS) is 16.9. The second-order valence-electron chi connectivity index (χ2n) is 9.81. The number of ether oxygens (including phenoxy) is 1. The minimum atomic E-state index is -0.469. The summed E-state index contributed by atoms with van der Waals surface area (Å²) >= 11 is 0. The summed E-state index contributed by atoms with van der Waals surface area (Å²) in [6.45, 7) is 10.8. The van der Waals surface area contributed by atoms with Crippen LogP contribution in [0.3, 0.4) is 0 Å². The number of anilines is 1. The maximum absolute atomic E-state index is 12.5. The predicted octanol–water partition coefficient (Wildman–Crippen LogP) is 5.45. The summed E-state index contributed by atoms with van der Waals surface area (Å²) in [5.74, 6) is 1.24. The lowest BCUT2D eigenvalue weighted by Crippen LogP contribution is -2.44. The molecule has 1 amide bonds. The molecule has 1 aliphatic heterocycles. The number of amides is 1. The number of benzene rings is 2. The highest BCUT2D eigenvalue weighted by Crippen LogP contribution is 2.24. The van der Waals surface area contributed by atoms with E-state index in [1.54, 1.807) is 0 Å². The van der Waals surface area contributed by atoms with Gasteiger partial charge in [0.05, 0.1) is 17.6 Å². The highest BCUT2D eigenvalue weighted by atomic mass is 16.6. The largest absolute Gasteiger partial charge is 0.444 e. The summed E-state index contributed by atoms with van der Waals surface area (Å²) in [6.07, 6.45) is 1.87. The van der Waals surface area contributed by atoms with E-state index in [1.807, 2.05) is 31.7 Å². The van der Waals surface area contributed by atoms with Gasteiger partial charge in [-0.1, -0.05) is 42.0 Å². The number of carbonyl (C=O) groups excluding carboxylic acids is 1. The van der Waals surface area contributed by atoms with Crippen LogP contribution in [0.2, 0.25) is 0 Å². The SMILES string of the molecule is Cc1ccc(Cn2c(NCC3CCCN(C(=O)OC(C)(C)C)C3)nc3ccccc32)cc1. The van der Waals surface area contributed by atoms with Crippen molar-refractivity contribution in [1.29, 1.82) is 0 Å². The first-order valence-electron chi connectivity index (χ1n) is 11.5. The van der Waals surface area contributed by atoms with Crippen LogP contribution in [-0.4, -0.2) is 45.8 Å². The minimum absolute atomic E-state index is 0.214. The quantitative estimate of drug-likeness (QED) is 0.580. The smallest absolute Gasteiger partial charge is 0.410 e. The summed E-state index contributed by atoms with van der Waals surface area (Å²) in [5.41, 5.74) is 4.14. The summed E-state index contributed by atoms with van der Waals surface area (Å²) in [5, 5.41) is 3.58. The average molecular weight is 435 g/mol. The topological polar surface area (TPSA) is 59.4 Å². The Kier molecular flexibility index (Phi) is 6.40. The zero-order valence-electron chi connectivity index (χ0n) is 19.6. The van der Waals surface area contributed by atoms with E-state index in [4.69, 9.17) is 9.72 Å². The molecule has 3 aromatic rings. The first-order chi connectivity index (χ1) is 15.3. The van der Waals surface area contributed by atoms with Gasteiger partial charge in [0.1, 0.15) is 5.60 Å². The monoisotopic (exact) mass is 434 g/mol. The number of carbonyl (C=O) groups is 1. The maximum atomic E-state index is 12.5. The van der Waals surface area contributed by atoms with Crippen molar-refractivity contribution in [2.45, 2.75) is 52.7 Å². The zero-order chi connectivity index (χ0) is 22.7. The van der Waals surface area contributed by atoms with E-state index < -0.39 is 5.60 Å². The molecule has 1 aliphatic rings. The van der Waals surface area contributed by atoms with Crippen molar-refractivity contribution >= 4 is 23.1 Å². The number of fused-ring (bicyclic) bond motifs is 1. The molecule has 1 unspecified atom stereocenters. The third-order valence-corrected chi connectivity index (χ3v) is 5.84. The third-order valence-electron chi connectivity index (χ3n) is 5.84. The average Bonchev–Trinajstić information content (AvgIpc) is 3.10. The van der Waals surface area contributed by atoms with E-state index >= 15 is 0 Å². The Balaban J connectivity index is 1.47. The van der Waals surface area contributed by atoms with Gasteiger partial charge < -0.3 is 19.5 Å². The predicted molar refractivity (Wildman–Crippen MR) is 129 cm³/mol. The fourth-order valence-corrected chi connectivity index (χ4v) is 4.21. The van der Waals surface area contributed by atoms with Gasteiger partial charge in [-0.15, -0.1) is 0 Å². The van der Waals surface area contributed by atoms with Crippen LogP contribution in [0.5, 0.6) is 0 Å². The highest BCUT2D eigenvalue weighted by molar-refractivity contribution is 5.78. The van der Waals surface area contributed by atoms with Crippen molar-refractivity contribution in [2.24, 2.45) is 5.92 Å². The molecule has 1 saturated heterocycles. The van der Waals surface area contributed by atoms with Crippen LogP contribution in [0.15, 0.2) is 48.5 Å². The van der Waals surface area contributed by atoms with Crippen LogP contribution in [0.4, 0.5) is 10.7 Å². The van der Waals surface area contributed by atoms with Gasteiger partial charge in [-0.25, -0.2) is 9.78 Å². The van der Waals surface area contributed by atoms with Gasteiger partial charge in [0.25, 0.3) is 0 Å². The molecule has 0 aliphatic carbocycles.